The number of rotatable bonds is 2. The Labute approximate surface area is 134 Å². The number of sulfonamides is 1. The number of hydrogen-bond donors (Lipinski definition) is 1. The summed E-state index contributed by atoms with van der Waals surface area (Å²) in [6.07, 6.45) is 0.701. The van der Waals surface area contributed by atoms with E-state index < -0.39 is 10.0 Å². The van der Waals surface area contributed by atoms with Crippen LogP contribution in [0, 0.1) is 5.41 Å². The summed E-state index contributed by atoms with van der Waals surface area (Å²) in [5.41, 5.74) is 7.05. The Hall–Kier alpha value is -0.910. The van der Waals surface area contributed by atoms with Gasteiger partial charge < -0.3 is 5.73 Å². The smallest absolute Gasteiger partial charge is 0.243 e. The monoisotopic (exact) mass is 324 g/mol. The summed E-state index contributed by atoms with van der Waals surface area (Å²) in [5.74, 6) is 0. The van der Waals surface area contributed by atoms with Gasteiger partial charge in [-0.1, -0.05) is 46.8 Å². The van der Waals surface area contributed by atoms with E-state index in [2.05, 4.69) is 20.8 Å². The van der Waals surface area contributed by atoms with Crippen molar-refractivity contribution in [2.24, 2.45) is 11.1 Å². The van der Waals surface area contributed by atoms with Crippen LogP contribution in [0.3, 0.4) is 0 Å². The van der Waals surface area contributed by atoms with Crippen LogP contribution in [0.4, 0.5) is 0 Å². The van der Waals surface area contributed by atoms with Gasteiger partial charge in [0.15, 0.2) is 0 Å². The van der Waals surface area contributed by atoms with E-state index in [0.29, 0.717) is 24.4 Å². The van der Waals surface area contributed by atoms with Crippen molar-refractivity contribution in [2.45, 2.75) is 57.4 Å². The molecule has 1 aliphatic rings. The molecule has 124 valence electrons. The zero-order valence-corrected chi connectivity index (χ0v) is 15.1. The van der Waals surface area contributed by atoms with Crippen LogP contribution in [-0.2, 0) is 15.4 Å². The molecule has 4 nitrogen and oxygen atoms in total. The lowest BCUT2D eigenvalue weighted by molar-refractivity contribution is 0.155. The molecule has 2 rings (SSSR count). The Bertz CT molecular complexity index is 628. The quantitative estimate of drug-likeness (QED) is 0.910. The molecule has 1 unspecified atom stereocenters. The maximum atomic E-state index is 12.8. The Balaban J connectivity index is 2.28. The van der Waals surface area contributed by atoms with Crippen LogP contribution in [0.5, 0.6) is 0 Å². The van der Waals surface area contributed by atoms with Gasteiger partial charge in [-0.2, -0.15) is 4.31 Å². The van der Waals surface area contributed by atoms with Gasteiger partial charge in [-0.3, -0.25) is 0 Å². The molecule has 2 N–H and O–H groups in total. The van der Waals surface area contributed by atoms with Gasteiger partial charge in [0.25, 0.3) is 0 Å². The van der Waals surface area contributed by atoms with E-state index in [-0.39, 0.29) is 16.9 Å². The van der Waals surface area contributed by atoms with E-state index in [4.69, 9.17) is 5.73 Å². The molecule has 0 spiro atoms. The van der Waals surface area contributed by atoms with Crippen molar-refractivity contribution >= 4 is 10.0 Å². The van der Waals surface area contributed by atoms with Gasteiger partial charge in [-0.15, -0.1) is 0 Å². The van der Waals surface area contributed by atoms with Gasteiger partial charge in [-0.05, 0) is 34.9 Å². The van der Waals surface area contributed by atoms with E-state index in [0.717, 1.165) is 5.56 Å². The second kappa shape index (κ2) is 5.62. The molecule has 1 aromatic carbocycles. The van der Waals surface area contributed by atoms with Crippen molar-refractivity contribution in [3.63, 3.8) is 0 Å². The van der Waals surface area contributed by atoms with Gasteiger partial charge in [-0.25, -0.2) is 8.42 Å². The van der Waals surface area contributed by atoms with E-state index in [1.807, 2.05) is 26.0 Å². The van der Waals surface area contributed by atoms with Crippen LogP contribution >= 0.6 is 0 Å². The Morgan fingerprint density at radius 2 is 1.73 bits per heavy atom. The standard InChI is InChI=1S/C17H28N2O2S/c1-16(2,3)13-6-8-14(9-7-13)22(20,21)19-11-10-15(18)17(4,5)12-19/h6-9,15H,10-12,18H2,1-5H3. The number of hydrogen-bond acceptors (Lipinski definition) is 3. The predicted molar refractivity (Wildman–Crippen MR) is 90.3 cm³/mol. The molecule has 0 amide bonds. The van der Waals surface area contributed by atoms with Crippen molar-refractivity contribution in [2.75, 3.05) is 13.1 Å². The van der Waals surface area contributed by atoms with Gasteiger partial charge in [0.1, 0.15) is 0 Å². The topological polar surface area (TPSA) is 63.4 Å². The molecule has 1 fully saturated rings. The molecule has 0 aromatic heterocycles. The van der Waals surface area contributed by atoms with Gasteiger partial charge in [0.2, 0.25) is 10.0 Å². The Morgan fingerprint density at radius 3 is 2.18 bits per heavy atom. The first-order valence-electron chi connectivity index (χ1n) is 7.81. The summed E-state index contributed by atoms with van der Waals surface area (Å²) in [7, 11) is -3.44. The minimum atomic E-state index is -3.44. The highest BCUT2D eigenvalue weighted by Gasteiger charge is 2.38. The molecule has 5 heteroatoms. The molecule has 1 atom stereocenters. The maximum Gasteiger partial charge on any atom is 0.243 e. The molecule has 1 saturated heterocycles. The highest BCUT2D eigenvalue weighted by atomic mass is 32.2. The number of benzene rings is 1. The number of nitrogens with zero attached hydrogens (tertiary/aromatic N) is 1. The first kappa shape index (κ1) is 17.4. The minimum absolute atomic E-state index is 0.0160. The fourth-order valence-electron chi connectivity index (χ4n) is 2.81. The summed E-state index contributed by atoms with van der Waals surface area (Å²) >= 11 is 0. The molecule has 0 radical (unpaired) electrons. The van der Waals surface area contributed by atoms with E-state index >= 15 is 0 Å². The molecule has 1 aliphatic heterocycles. The SMILES string of the molecule is CC(C)(C)c1ccc(S(=O)(=O)N2CCC(N)C(C)(C)C2)cc1. The second-order valence-electron chi connectivity index (χ2n) is 8.00. The molecule has 1 heterocycles. The normalized spacial score (nSPS) is 23.5. The van der Waals surface area contributed by atoms with E-state index in [1.54, 1.807) is 16.4 Å². The maximum absolute atomic E-state index is 12.8. The third kappa shape index (κ3) is 3.36. The second-order valence-corrected chi connectivity index (χ2v) is 9.93. The van der Waals surface area contributed by atoms with E-state index in [9.17, 15) is 8.42 Å². The first-order chi connectivity index (χ1) is 9.94. The zero-order chi connectivity index (χ0) is 16.8. The molecular formula is C17H28N2O2S. The number of piperidine rings is 1. The average molecular weight is 324 g/mol. The van der Waals surface area contributed by atoms with Gasteiger partial charge >= 0.3 is 0 Å². The van der Waals surface area contributed by atoms with Gasteiger partial charge in [0, 0.05) is 19.1 Å². The largest absolute Gasteiger partial charge is 0.327 e. The average Bonchev–Trinajstić information content (AvgIpc) is 2.41. The molecule has 0 aliphatic carbocycles. The molecule has 0 saturated carbocycles. The highest BCUT2D eigenvalue weighted by Crippen LogP contribution is 2.32. The highest BCUT2D eigenvalue weighted by molar-refractivity contribution is 7.89. The van der Waals surface area contributed by atoms with Crippen LogP contribution in [0.1, 0.15) is 46.6 Å². The Morgan fingerprint density at radius 1 is 1.18 bits per heavy atom. The first-order valence-corrected chi connectivity index (χ1v) is 9.25. The van der Waals surface area contributed by atoms with Crippen molar-refractivity contribution < 1.29 is 8.42 Å². The molecule has 0 bridgehead atoms. The van der Waals surface area contributed by atoms with Crippen molar-refractivity contribution in [3.8, 4) is 0 Å². The van der Waals surface area contributed by atoms with Crippen LogP contribution in [0.25, 0.3) is 0 Å². The lowest BCUT2D eigenvalue weighted by Gasteiger charge is -2.41. The summed E-state index contributed by atoms with van der Waals surface area (Å²) in [6.45, 7) is 11.4. The lowest BCUT2D eigenvalue weighted by Crippen LogP contribution is -2.53. The van der Waals surface area contributed by atoms with Crippen LogP contribution in [0.15, 0.2) is 29.2 Å². The summed E-state index contributed by atoms with van der Waals surface area (Å²) in [4.78, 5) is 0.367. The summed E-state index contributed by atoms with van der Waals surface area (Å²) in [5, 5.41) is 0. The summed E-state index contributed by atoms with van der Waals surface area (Å²) < 4.78 is 27.2. The third-order valence-corrected chi connectivity index (χ3v) is 6.49. The number of nitrogens with two attached hydrogens (primary N) is 1. The van der Waals surface area contributed by atoms with Crippen molar-refractivity contribution in [1.82, 2.24) is 4.31 Å². The predicted octanol–water partition coefficient (Wildman–Crippen LogP) is 2.73. The molecular weight excluding hydrogens is 296 g/mol. The molecule has 1 aromatic rings. The minimum Gasteiger partial charge on any atom is -0.327 e. The lowest BCUT2D eigenvalue weighted by atomic mass is 9.81. The van der Waals surface area contributed by atoms with Crippen molar-refractivity contribution in [3.05, 3.63) is 29.8 Å². The fourth-order valence-corrected chi connectivity index (χ4v) is 4.43. The van der Waals surface area contributed by atoms with E-state index in [1.165, 1.54) is 0 Å². The molecule has 22 heavy (non-hydrogen) atoms. The Kier molecular flexibility index (Phi) is 4.46. The van der Waals surface area contributed by atoms with Crippen molar-refractivity contribution in [1.29, 1.82) is 0 Å². The third-order valence-electron chi connectivity index (χ3n) is 4.64. The fraction of sp³-hybridized carbons (Fsp3) is 0.647. The summed E-state index contributed by atoms with van der Waals surface area (Å²) in [6, 6.07) is 7.30. The van der Waals surface area contributed by atoms with Crippen LogP contribution in [0.2, 0.25) is 0 Å². The van der Waals surface area contributed by atoms with Crippen LogP contribution in [-0.4, -0.2) is 31.9 Å². The van der Waals surface area contributed by atoms with Gasteiger partial charge in [0.05, 0.1) is 4.90 Å². The van der Waals surface area contributed by atoms with Crippen LogP contribution < -0.4 is 5.73 Å². The zero-order valence-electron chi connectivity index (χ0n) is 14.3.